The molecule has 1 N–H and O–H groups in total. The maximum Gasteiger partial charge on any atom is 0.453 e. The molecule has 3 heterocycles. The van der Waals surface area contributed by atoms with Crippen molar-refractivity contribution in [2.45, 2.75) is 43.8 Å². The number of benzene rings is 1. The lowest BCUT2D eigenvalue weighted by Crippen LogP contribution is -2.48. The van der Waals surface area contributed by atoms with Gasteiger partial charge in [-0.05, 0) is 43.7 Å². The highest BCUT2D eigenvalue weighted by Crippen LogP contribution is 2.41. The van der Waals surface area contributed by atoms with Crippen LogP contribution in [0.1, 0.15) is 36.4 Å². The zero-order valence-electron chi connectivity index (χ0n) is 20.3. The Hall–Kier alpha value is -4.08. The van der Waals surface area contributed by atoms with E-state index in [0.29, 0.717) is 11.0 Å². The third-order valence-corrected chi connectivity index (χ3v) is 7.06. The first-order valence-corrected chi connectivity index (χ1v) is 12.5. The Bertz CT molecular complexity index is 1610. The van der Waals surface area contributed by atoms with Gasteiger partial charge in [0.05, 0.1) is 22.7 Å². The van der Waals surface area contributed by atoms with Crippen molar-refractivity contribution in [3.05, 3.63) is 65.4 Å². The summed E-state index contributed by atoms with van der Waals surface area (Å²) in [5.41, 5.74) is -6.34. The number of anilines is 1. The molecule has 1 atom stereocenters. The van der Waals surface area contributed by atoms with Crippen LogP contribution in [0.2, 0.25) is 0 Å². The lowest BCUT2D eigenvalue weighted by atomic mass is 10.0. The van der Waals surface area contributed by atoms with Gasteiger partial charge in [0.15, 0.2) is 5.82 Å². The van der Waals surface area contributed by atoms with Crippen LogP contribution in [0.3, 0.4) is 0 Å². The maximum absolute atomic E-state index is 13.6. The van der Waals surface area contributed by atoms with Crippen LogP contribution in [0.15, 0.2) is 42.9 Å². The highest BCUT2D eigenvalue weighted by atomic mass is 32.2. The topological polar surface area (TPSA) is 145 Å². The van der Waals surface area contributed by atoms with E-state index in [0.717, 1.165) is 34.2 Å². The van der Waals surface area contributed by atoms with Gasteiger partial charge in [0, 0.05) is 18.4 Å². The molecule has 0 radical (unpaired) electrons. The summed E-state index contributed by atoms with van der Waals surface area (Å²) in [6.45, 7) is 2.19. The maximum atomic E-state index is 13.6. The highest BCUT2D eigenvalue weighted by Gasteiger charge is 2.57. The van der Waals surface area contributed by atoms with Gasteiger partial charge in [-0.1, -0.05) is 6.07 Å². The summed E-state index contributed by atoms with van der Waals surface area (Å²) in [7, 11) is -5.16. The number of hydrogen-bond donors (Lipinski definition) is 1. The van der Waals surface area contributed by atoms with Crippen molar-refractivity contribution in [3.63, 3.8) is 0 Å². The van der Waals surface area contributed by atoms with Crippen molar-refractivity contribution in [2.75, 3.05) is 4.90 Å². The van der Waals surface area contributed by atoms with Crippen LogP contribution >= 0.6 is 0 Å². The molecule has 0 spiro atoms. The van der Waals surface area contributed by atoms with Crippen LogP contribution in [0.5, 0.6) is 0 Å². The van der Waals surface area contributed by atoms with E-state index in [9.17, 15) is 44.1 Å². The largest absolute Gasteiger partial charge is 0.453 e. The molecule has 0 saturated carbocycles. The van der Waals surface area contributed by atoms with Crippen LogP contribution < -0.4 is 4.90 Å². The number of nitriles is 1. The molecule has 1 fully saturated rings. The second-order valence-corrected chi connectivity index (χ2v) is 10.5. The fraction of sp³-hybridized carbons (Fsp3) is 0.318. The van der Waals surface area contributed by atoms with Crippen molar-refractivity contribution in [3.8, 4) is 11.9 Å². The molecule has 1 unspecified atom stereocenters. The second kappa shape index (κ2) is 9.53. The van der Waals surface area contributed by atoms with Crippen LogP contribution in [0.25, 0.3) is 5.82 Å². The number of nitrogens with zero attached hydrogens (tertiary/aromatic N) is 7. The minimum absolute atomic E-state index is 0.0753. The van der Waals surface area contributed by atoms with Crippen molar-refractivity contribution >= 4 is 21.7 Å². The average Bonchev–Trinajstić information content (AvgIpc) is 3.42. The molecule has 0 bridgehead atoms. The van der Waals surface area contributed by atoms with Gasteiger partial charge in [0.2, 0.25) is 11.4 Å². The van der Waals surface area contributed by atoms with E-state index < -0.39 is 62.1 Å². The zero-order valence-corrected chi connectivity index (χ0v) is 21.1. The van der Waals surface area contributed by atoms with Crippen LogP contribution in [0, 0.1) is 11.3 Å². The first kappa shape index (κ1) is 28.9. The predicted molar refractivity (Wildman–Crippen MR) is 123 cm³/mol. The number of rotatable bonds is 5. The summed E-state index contributed by atoms with van der Waals surface area (Å²) in [4.78, 5) is 22.0. The fourth-order valence-electron chi connectivity index (χ4n) is 4.11. The summed E-state index contributed by atoms with van der Waals surface area (Å²) >= 11 is 0. The number of aromatic nitrogens is 4. The molecule has 11 nitrogen and oxygen atoms in total. The molecule has 1 saturated heterocycles. The van der Waals surface area contributed by atoms with Gasteiger partial charge in [-0.3, -0.25) is 14.2 Å². The standard InChI is InChI=1S/C22H17F6N7O4S/c1-20(2)18(36)35(14-5-4-13(8-29)15(7-14)21(23,24)25)19(40(37,38)39)33(20)10-12-3-6-16(30-9-12)34-11-31-17(32-34)22(26,27)28/h3-7,9,11,19H,10H2,1-2H3,(H,37,38,39). The lowest BCUT2D eigenvalue weighted by Gasteiger charge is -2.31. The van der Waals surface area contributed by atoms with Gasteiger partial charge in [-0.2, -0.15) is 40.0 Å². The Balaban J connectivity index is 1.72. The molecule has 0 aliphatic carbocycles. The summed E-state index contributed by atoms with van der Waals surface area (Å²) in [5, 5.41) is 12.3. The van der Waals surface area contributed by atoms with Crippen molar-refractivity contribution in [1.82, 2.24) is 24.6 Å². The van der Waals surface area contributed by atoms with E-state index >= 15 is 0 Å². The molecular formula is C22H17F6N7O4S. The quantitative estimate of drug-likeness (QED) is 0.350. The number of carbonyl (C=O) groups is 1. The van der Waals surface area contributed by atoms with Crippen LogP contribution in [-0.4, -0.2) is 54.6 Å². The predicted octanol–water partition coefficient (Wildman–Crippen LogP) is 3.37. The summed E-state index contributed by atoms with van der Waals surface area (Å²) in [6, 6.07) is 6.13. The van der Waals surface area contributed by atoms with Crippen molar-refractivity contribution < 1.29 is 44.1 Å². The summed E-state index contributed by atoms with van der Waals surface area (Å²) in [5.74, 6) is -2.45. The number of amides is 1. The Labute approximate surface area is 222 Å². The molecule has 18 heteroatoms. The smallest absolute Gasteiger partial charge is 0.283 e. The number of alkyl halides is 6. The van der Waals surface area contributed by atoms with Crippen LogP contribution in [0.4, 0.5) is 32.0 Å². The minimum atomic E-state index is -5.16. The molecule has 40 heavy (non-hydrogen) atoms. The van der Waals surface area contributed by atoms with Gasteiger partial charge in [-0.15, -0.1) is 5.10 Å². The van der Waals surface area contributed by atoms with Crippen LogP contribution in [-0.2, 0) is 33.8 Å². The summed E-state index contributed by atoms with van der Waals surface area (Å²) < 4.78 is 115. The number of halogens is 6. The van der Waals surface area contributed by atoms with Gasteiger partial charge < -0.3 is 0 Å². The number of pyridine rings is 1. The van der Waals surface area contributed by atoms with Crippen molar-refractivity contribution in [2.24, 2.45) is 0 Å². The first-order chi connectivity index (χ1) is 18.4. The molecule has 2 aromatic heterocycles. The molecule has 1 aliphatic rings. The Morgan fingerprint density at radius 2 is 1.75 bits per heavy atom. The average molecular weight is 589 g/mol. The zero-order chi connectivity index (χ0) is 29.8. The third kappa shape index (κ3) is 5.22. The van der Waals surface area contributed by atoms with Gasteiger partial charge >= 0.3 is 22.5 Å². The molecule has 4 rings (SSSR count). The molecule has 3 aromatic rings. The van der Waals surface area contributed by atoms with Gasteiger partial charge in [-0.25, -0.2) is 19.5 Å². The SMILES string of the molecule is CC1(C)C(=O)N(c2ccc(C#N)c(C(F)(F)F)c2)C(S(=O)(=O)O)N1Cc1ccc(-n2cnc(C(F)(F)F)n2)nc1. The molecule has 212 valence electrons. The Morgan fingerprint density at radius 1 is 1.07 bits per heavy atom. The van der Waals surface area contributed by atoms with Crippen molar-refractivity contribution in [1.29, 1.82) is 5.26 Å². The summed E-state index contributed by atoms with van der Waals surface area (Å²) in [6.07, 6.45) is -7.86. The Kier molecular flexibility index (Phi) is 6.89. The van der Waals surface area contributed by atoms with E-state index in [1.54, 1.807) is 0 Å². The third-order valence-electron chi connectivity index (χ3n) is 6.06. The first-order valence-electron chi connectivity index (χ1n) is 11.0. The Morgan fingerprint density at radius 3 is 2.25 bits per heavy atom. The van der Waals surface area contributed by atoms with E-state index in [4.69, 9.17) is 5.26 Å². The lowest BCUT2D eigenvalue weighted by molar-refractivity contribution is -0.145. The minimum Gasteiger partial charge on any atom is -0.283 e. The normalized spacial score (nSPS) is 18.2. The van der Waals surface area contributed by atoms with E-state index in [2.05, 4.69) is 15.1 Å². The number of hydrogen-bond acceptors (Lipinski definition) is 8. The molecule has 1 aliphatic heterocycles. The van der Waals surface area contributed by atoms with E-state index in [1.807, 2.05) is 0 Å². The van der Waals surface area contributed by atoms with E-state index in [1.165, 1.54) is 32.0 Å². The highest BCUT2D eigenvalue weighted by molar-refractivity contribution is 7.86. The molecule has 1 amide bonds. The van der Waals surface area contributed by atoms with E-state index in [-0.39, 0.29) is 17.9 Å². The van der Waals surface area contributed by atoms with Gasteiger partial charge in [0.1, 0.15) is 6.33 Å². The monoisotopic (exact) mass is 589 g/mol. The van der Waals surface area contributed by atoms with Gasteiger partial charge in [0.25, 0.3) is 5.82 Å². The molecule has 1 aromatic carbocycles. The fourth-order valence-corrected chi connectivity index (χ4v) is 5.25. The number of carbonyl (C=O) groups excluding carboxylic acids is 1. The second-order valence-electron chi connectivity index (χ2n) is 9.08. The molecular weight excluding hydrogens is 572 g/mol.